The van der Waals surface area contributed by atoms with Crippen molar-refractivity contribution < 1.29 is 44.3 Å². The van der Waals surface area contributed by atoms with Crippen LogP contribution in [0.1, 0.15) is 5.56 Å². The topological polar surface area (TPSA) is 126 Å². The van der Waals surface area contributed by atoms with Gasteiger partial charge in [-0.05, 0) is 5.56 Å². The summed E-state index contributed by atoms with van der Waals surface area (Å²) in [4.78, 5) is 0. The molecule has 0 aliphatic carbocycles. The molecule has 7 heteroatoms. The predicted octanol–water partition coefficient (Wildman–Crippen LogP) is 0.955. The van der Waals surface area contributed by atoms with Crippen molar-refractivity contribution in [2.24, 2.45) is 5.73 Å². The molecule has 1 aromatic carbocycles. The van der Waals surface area contributed by atoms with E-state index < -0.39 is 0 Å². The molecule has 2 N–H and O–H groups in total. The summed E-state index contributed by atoms with van der Waals surface area (Å²) in [5.41, 5.74) is 6.54. The molecule has 0 fully saturated rings. The second-order valence-corrected chi connectivity index (χ2v) is 1.69. The molecule has 0 aromatic heterocycles. The molecule has 0 amide bonds. The fraction of sp³-hybridized carbons (Fsp3) is 0.0833. The zero-order valence-electron chi connectivity index (χ0n) is 9.62. The Balaban J connectivity index is -0.0000000332. The first kappa shape index (κ1) is 36.0. The van der Waals surface area contributed by atoms with E-state index in [0.29, 0.717) is 6.54 Å². The maximum atomic E-state index is 7.50. The summed E-state index contributed by atoms with van der Waals surface area (Å²) in [6.07, 6.45) is 0. The Morgan fingerprint density at radius 2 is 0.947 bits per heavy atom. The minimum absolute atomic E-state index is 0. The molecule has 1 aromatic rings. The van der Waals surface area contributed by atoms with Crippen molar-refractivity contribution >= 4 is 0 Å². The van der Waals surface area contributed by atoms with Crippen LogP contribution in [0.5, 0.6) is 0 Å². The minimum atomic E-state index is 0. The van der Waals surface area contributed by atoms with E-state index >= 15 is 0 Å². The van der Waals surface area contributed by atoms with E-state index in [1.165, 1.54) is 5.56 Å². The number of hydrogen-bond acceptors (Lipinski definition) is 1. The third kappa shape index (κ3) is 47.9. The van der Waals surface area contributed by atoms with Gasteiger partial charge < -0.3 is 5.73 Å². The van der Waals surface area contributed by atoms with Crippen molar-refractivity contribution in [1.82, 2.24) is 0 Å². The SMILES string of the molecule is NCc1ccccc1.[C-]#[O+].[C-]#[O+].[C-]#[O+].[C-]#[O+].[C-]#[O+].[Mo]. The molecule has 0 aliphatic rings. The summed E-state index contributed by atoms with van der Waals surface area (Å²) in [6.45, 7) is 23.1. The molecule has 0 radical (unpaired) electrons. The molecular formula is C12H9MoNO5. The van der Waals surface area contributed by atoms with E-state index in [0.717, 1.165) is 0 Å². The van der Waals surface area contributed by atoms with Gasteiger partial charge in [-0.2, -0.15) is 0 Å². The Kier molecular flexibility index (Phi) is 133. The molecule has 6 nitrogen and oxygen atoms in total. The van der Waals surface area contributed by atoms with Gasteiger partial charge in [0.15, 0.2) is 0 Å². The Bertz CT molecular complexity index is 295. The van der Waals surface area contributed by atoms with Crippen LogP contribution in [0.3, 0.4) is 0 Å². The second-order valence-electron chi connectivity index (χ2n) is 1.69. The minimum Gasteiger partial charge on any atom is 0 e. The van der Waals surface area contributed by atoms with Gasteiger partial charge >= 0.3 is 56.5 Å². The number of rotatable bonds is 1. The standard InChI is InChI=1S/C7H9N.5CO.Mo/c8-6-7-4-2-1-3-5-7;5*1-2;/h1-5H,6,8H2;;;;;;. The summed E-state index contributed by atoms with van der Waals surface area (Å²) in [5, 5.41) is 0. The van der Waals surface area contributed by atoms with Gasteiger partial charge in [0.25, 0.3) is 0 Å². The Morgan fingerprint density at radius 1 is 0.684 bits per heavy atom. The van der Waals surface area contributed by atoms with E-state index in [9.17, 15) is 0 Å². The molecule has 0 bridgehead atoms. The van der Waals surface area contributed by atoms with Crippen LogP contribution in [-0.4, -0.2) is 0 Å². The zero-order valence-corrected chi connectivity index (χ0v) is 11.6. The maximum Gasteiger partial charge on any atom is 0 e. The third-order valence-electron chi connectivity index (χ3n) is 1.08. The second kappa shape index (κ2) is 70.1. The van der Waals surface area contributed by atoms with Crippen LogP contribution in [0, 0.1) is 33.3 Å². The van der Waals surface area contributed by atoms with Crippen molar-refractivity contribution in [3.8, 4) is 0 Å². The molecule has 0 heterocycles. The first-order valence-electron chi connectivity index (χ1n) is 3.69. The van der Waals surface area contributed by atoms with Gasteiger partial charge in [0.2, 0.25) is 0 Å². The first-order chi connectivity index (χ1) is 8.93. The number of nitrogens with two attached hydrogens (primary N) is 1. The van der Waals surface area contributed by atoms with Gasteiger partial charge in [-0.3, -0.25) is 0 Å². The van der Waals surface area contributed by atoms with Gasteiger partial charge in [0.05, 0.1) is 0 Å². The molecule has 19 heavy (non-hydrogen) atoms. The average molecular weight is 343 g/mol. The van der Waals surface area contributed by atoms with Crippen LogP contribution in [-0.2, 0) is 50.9 Å². The molecule has 1 rings (SSSR count). The fourth-order valence-electron chi connectivity index (χ4n) is 0.614. The predicted molar refractivity (Wildman–Crippen MR) is 54.0 cm³/mol. The van der Waals surface area contributed by atoms with Crippen molar-refractivity contribution in [2.75, 3.05) is 0 Å². The van der Waals surface area contributed by atoms with Crippen LogP contribution < -0.4 is 5.73 Å². The van der Waals surface area contributed by atoms with Crippen LogP contribution in [0.25, 0.3) is 0 Å². The van der Waals surface area contributed by atoms with E-state index in [4.69, 9.17) is 29.0 Å². The summed E-state index contributed by atoms with van der Waals surface area (Å²) in [5.74, 6) is 0. The quantitative estimate of drug-likeness (QED) is 0.455. The molecule has 0 saturated carbocycles. The van der Waals surface area contributed by atoms with Crippen LogP contribution in [0.2, 0.25) is 0 Å². The molecule has 0 saturated heterocycles. The molecule has 0 spiro atoms. The summed E-state index contributed by atoms with van der Waals surface area (Å²) in [6, 6.07) is 9.99. The van der Waals surface area contributed by atoms with E-state index in [-0.39, 0.29) is 21.1 Å². The smallest absolute Gasteiger partial charge is 0 e. The van der Waals surface area contributed by atoms with Crippen LogP contribution >= 0.6 is 0 Å². The van der Waals surface area contributed by atoms with Crippen molar-refractivity contribution in [3.63, 3.8) is 0 Å². The summed E-state index contributed by atoms with van der Waals surface area (Å²) < 4.78 is 37.5. The molecule has 0 aliphatic heterocycles. The van der Waals surface area contributed by atoms with E-state index in [2.05, 4.69) is 33.3 Å². The molecule has 98 valence electrons. The van der Waals surface area contributed by atoms with Gasteiger partial charge in [0.1, 0.15) is 0 Å². The Labute approximate surface area is 126 Å². The van der Waals surface area contributed by atoms with Crippen LogP contribution in [0.4, 0.5) is 0 Å². The van der Waals surface area contributed by atoms with E-state index in [1.54, 1.807) is 0 Å². The monoisotopic (exact) mass is 345 g/mol. The molecular weight excluding hydrogens is 334 g/mol. The average Bonchev–Trinajstić information content (AvgIpc) is 2.57. The number of hydrogen-bond donors (Lipinski definition) is 1. The Morgan fingerprint density at radius 3 is 1.11 bits per heavy atom. The molecule has 0 atom stereocenters. The van der Waals surface area contributed by atoms with Gasteiger partial charge in [0, 0.05) is 27.6 Å². The van der Waals surface area contributed by atoms with Crippen molar-refractivity contribution in [2.45, 2.75) is 6.54 Å². The summed E-state index contributed by atoms with van der Waals surface area (Å²) in [7, 11) is 0. The maximum absolute atomic E-state index is 7.50. The Hall–Kier alpha value is -1.43. The van der Waals surface area contributed by atoms with Crippen molar-refractivity contribution in [1.29, 1.82) is 0 Å². The van der Waals surface area contributed by atoms with Gasteiger partial charge in [-0.25, -0.2) is 0 Å². The fourth-order valence-corrected chi connectivity index (χ4v) is 0.614. The zero-order chi connectivity index (χ0) is 15.8. The summed E-state index contributed by atoms with van der Waals surface area (Å²) >= 11 is 0. The number of benzene rings is 1. The van der Waals surface area contributed by atoms with E-state index in [1.807, 2.05) is 30.3 Å². The van der Waals surface area contributed by atoms with Gasteiger partial charge in [-0.15, -0.1) is 0 Å². The van der Waals surface area contributed by atoms with Crippen molar-refractivity contribution in [3.05, 3.63) is 69.1 Å². The normalized spacial score (nSPS) is 4.37. The van der Waals surface area contributed by atoms with Crippen LogP contribution in [0.15, 0.2) is 30.3 Å². The molecule has 0 unspecified atom stereocenters. The largest absolute Gasteiger partial charge is 0 e. The third-order valence-corrected chi connectivity index (χ3v) is 1.08. The van der Waals surface area contributed by atoms with Gasteiger partial charge in [-0.1, -0.05) is 30.3 Å². The first-order valence-corrected chi connectivity index (χ1v) is 3.69.